The Kier molecular flexibility index (Phi) is 5.22. The second-order valence-electron chi connectivity index (χ2n) is 6.09. The van der Waals surface area contributed by atoms with Gasteiger partial charge in [0.2, 0.25) is 0 Å². The fourth-order valence-electron chi connectivity index (χ4n) is 3.09. The summed E-state index contributed by atoms with van der Waals surface area (Å²) in [6.45, 7) is 4.41. The van der Waals surface area contributed by atoms with Crippen LogP contribution in [0.2, 0.25) is 0 Å². The minimum atomic E-state index is -4.78. The maximum Gasteiger partial charge on any atom is 0.573 e. The number of carbonyl (C=O) groups excluding carboxylic acids is 1. The van der Waals surface area contributed by atoms with E-state index in [9.17, 15) is 18.0 Å². The van der Waals surface area contributed by atoms with Crippen molar-refractivity contribution in [3.63, 3.8) is 0 Å². The van der Waals surface area contributed by atoms with Crippen molar-refractivity contribution in [1.82, 2.24) is 4.90 Å². The summed E-state index contributed by atoms with van der Waals surface area (Å²) in [5, 5.41) is 0. The number of methoxy groups -OCH3 is 2. The van der Waals surface area contributed by atoms with Crippen LogP contribution in [0.25, 0.3) is 5.70 Å². The quantitative estimate of drug-likeness (QED) is 0.778. The van der Waals surface area contributed by atoms with Crippen molar-refractivity contribution < 1.29 is 32.2 Å². The molecule has 0 saturated carbocycles. The highest BCUT2D eigenvalue weighted by Gasteiger charge is 2.31. The van der Waals surface area contributed by atoms with E-state index in [-0.39, 0.29) is 17.2 Å². The van der Waals surface area contributed by atoms with E-state index in [1.165, 1.54) is 24.1 Å². The molecule has 5 nitrogen and oxygen atoms in total. The number of benzene rings is 2. The molecule has 1 aliphatic rings. The van der Waals surface area contributed by atoms with Crippen LogP contribution < -0.4 is 14.2 Å². The van der Waals surface area contributed by atoms with Gasteiger partial charge in [-0.25, -0.2) is 0 Å². The van der Waals surface area contributed by atoms with E-state index < -0.39 is 6.36 Å². The van der Waals surface area contributed by atoms with Crippen LogP contribution in [0, 0.1) is 0 Å². The van der Waals surface area contributed by atoms with Crippen molar-refractivity contribution in [2.45, 2.75) is 12.8 Å². The van der Waals surface area contributed by atoms with Crippen LogP contribution in [-0.4, -0.2) is 37.9 Å². The summed E-state index contributed by atoms with van der Waals surface area (Å²) in [7, 11) is 3.06. The molecule has 148 valence electrons. The first-order valence-corrected chi connectivity index (χ1v) is 8.35. The summed E-state index contributed by atoms with van der Waals surface area (Å²) in [6, 6.07) is 8.41. The minimum absolute atomic E-state index is 0.236. The Morgan fingerprint density at radius 3 is 2.25 bits per heavy atom. The lowest BCUT2D eigenvalue weighted by molar-refractivity contribution is -0.274. The standard InChI is InChI=1S/C20H18F3NO4/c1-12-16-11-18(27-3)17(26-2)10-14(16)8-9-24(12)19(25)13-4-6-15(7-5-13)28-20(21,22)23/h4-7,10-11H,1,8-9H2,2-3H3. The molecule has 8 heteroatoms. The first kappa shape index (κ1) is 19.6. The third-order valence-corrected chi connectivity index (χ3v) is 4.43. The minimum Gasteiger partial charge on any atom is -0.493 e. The van der Waals surface area contributed by atoms with Crippen LogP contribution in [0.4, 0.5) is 13.2 Å². The molecular formula is C20H18F3NO4. The second-order valence-corrected chi connectivity index (χ2v) is 6.09. The molecule has 0 spiro atoms. The summed E-state index contributed by atoms with van der Waals surface area (Å²) >= 11 is 0. The molecule has 0 fully saturated rings. The number of rotatable bonds is 4. The van der Waals surface area contributed by atoms with E-state index in [0.717, 1.165) is 23.3 Å². The van der Waals surface area contributed by atoms with Gasteiger partial charge in [-0.15, -0.1) is 13.2 Å². The van der Waals surface area contributed by atoms with E-state index in [1.54, 1.807) is 13.2 Å². The SMILES string of the molecule is C=C1c2cc(OC)c(OC)cc2CCN1C(=O)c1ccc(OC(F)(F)F)cc1. The normalized spacial score (nSPS) is 13.8. The zero-order valence-corrected chi connectivity index (χ0v) is 15.3. The summed E-state index contributed by atoms with van der Waals surface area (Å²) in [5.74, 6) is 0.368. The van der Waals surface area contributed by atoms with E-state index in [4.69, 9.17) is 9.47 Å². The molecule has 3 rings (SSSR count). The monoisotopic (exact) mass is 393 g/mol. The zero-order chi connectivity index (χ0) is 20.5. The molecule has 0 N–H and O–H groups in total. The van der Waals surface area contributed by atoms with Gasteiger partial charge in [0.15, 0.2) is 11.5 Å². The van der Waals surface area contributed by atoms with E-state index in [2.05, 4.69) is 11.3 Å². The van der Waals surface area contributed by atoms with Crippen LogP contribution in [-0.2, 0) is 6.42 Å². The highest BCUT2D eigenvalue weighted by Crippen LogP contribution is 2.37. The first-order chi connectivity index (χ1) is 13.2. The Morgan fingerprint density at radius 2 is 1.68 bits per heavy atom. The van der Waals surface area contributed by atoms with Crippen LogP contribution in [0.3, 0.4) is 0 Å². The molecule has 1 amide bonds. The Balaban J connectivity index is 1.83. The largest absolute Gasteiger partial charge is 0.573 e. The van der Waals surface area contributed by atoms with Crippen molar-refractivity contribution in [1.29, 1.82) is 0 Å². The van der Waals surface area contributed by atoms with Gasteiger partial charge in [0, 0.05) is 23.4 Å². The highest BCUT2D eigenvalue weighted by atomic mass is 19.4. The van der Waals surface area contributed by atoms with Crippen molar-refractivity contribution in [2.24, 2.45) is 0 Å². The third-order valence-electron chi connectivity index (χ3n) is 4.43. The van der Waals surface area contributed by atoms with Crippen LogP contribution in [0.5, 0.6) is 17.2 Å². The number of carbonyl (C=O) groups is 1. The summed E-state index contributed by atoms with van der Waals surface area (Å²) in [5.41, 5.74) is 2.46. The molecule has 2 aromatic rings. The Morgan fingerprint density at radius 1 is 1.07 bits per heavy atom. The van der Waals surface area contributed by atoms with Gasteiger partial charge in [0.05, 0.1) is 14.2 Å². The third kappa shape index (κ3) is 3.90. The first-order valence-electron chi connectivity index (χ1n) is 8.35. The molecule has 0 aliphatic carbocycles. The van der Waals surface area contributed by atoms with E-state index in [1.807, 2.05) is 6.07 Å². The zero-order valence-electron chi connectivity index (χ0n) is 15.3. The Labute approximate surface area is 159 Å². The molecule has 0 aromatic heterocycles. The number of hydrogen-bond acceptors (Lipinski definition) is 4. The Hall–Kier alpha value is -3.16. The average Bonchev–Trinajstić information content (AvgIpc) is 2.66. The molecule has 0 radical (unpaired) electrons. The van der Waals surface area contributed by atoms with Gasteiger partial charge < -0.3 is 19.1 Å². The molecule has 1 aliphatic heterocycles. The molecule has 28 heavy (non-hydrogen) atoms. The summed E-state index contributed by atoms with van der Waals surface area (Å²) < 4.78 is 51.3. The fourth-order valence-corrected chi connectivity index (χ4v) is 3.09. The lowest BCUT2D eigenvalue weighted by atomic mass is 9.95. The van der Waals surface area contributed by atoms with Gasteiger partial charge >= 0.3 is 6.36 Å². The fraction of sp³-hybridized carbons (Fsp3) is 0.250. The smallest absolute Gasteiger partial charge is 0.493 e. The lowest BCUT2D eigenvalue weighted by Gasteiger charge is -2.31. The molecule has 0 unspecified atom stereocenters. The predicted octanol–water partition coefficient (Wildman–Crippen LogP) is 4.27. The number of halogens is 3. The molecule has 0 saturated heterocycles. The van der Waals surface area contributed by atoms with Crippen LogP contribution in [0.1, 0.15) is 21.5 Å². The van der Waals surface area contributed by atoms with Gasteiger partial charge in [-0.05, 0) is 48.4 Å². The number of fused-ring (bicyclic) bond motifs is 1. The summed E-state index contributed by atoms with van der Waals surface area (Å²) in [6.07, 6.45) is -4.20. The van der Waals surface area contributed by atoms with Crippen LogP contribution in [0.15, 0.2) is 43.0 Å². The topological polar surface area (TPSA) is 48.0 Å². The molecule has 0 bridgehead atoms. The predicted molar refractivity (Wildman–Crippen MR) is 96.4 cm³/mol. The molecular weight excluding hydrogens is 375 g/mol. The van der Waals surface area contributed by atoms with Gasteiger partial charge in [0.1, 0.15) is 5.75 Å². The van der Waals surface area contributed by atoms with Crippen molar-refractivity contribution in [2.75, 3.05) is 20.8 Å². The van der Waals surface area contributed by atoms with Gasteiger partial charge in [-0.2, -0.15) is 0 Å². The Bertz CT molecular complexity index is 907. The summed E-state index contributed by atoms with van der Waals surface area (Å²) in [4.78, 5) is 14.3. The molecule has 2 aromatic carbocycles. The van der Waals surface area contributed by atoms with Crippen LogP contribution >= 0.6 is 0 Å². The average molecular weight is 393 g/mol. The number of hydrogen-bond donors (Lipinski definition) is 0. The lowest BCUT2D eigenvalue weighted by Crippen LogP contribution is -2.34. The second kappa shape index (κ2) is 7.46. The molecule has 0 atom stereocenters. The molecule has 1 heterocycles. The highest BCUT2D eigenvalue weighted by molar-refractivity contribution is 6.00. The van der Waals surface area contributed by atoms with Gasteiger partial charge in [0.25, 0.3) is 5.91 Å². The number of ether oxygens (including phenoxy) is 3. The van der Waals surface area contributed by atoms with Crippen molar-refractivity contribution in [3.05, 3.63) is 59.7 Å². The number of alkyl halides is 3. The van der Waals surface area contributed by atoms with Gasteiger partial charge in [-0.1, -0.05) is 6.58 Å². The van der Waals surface area contributed by atoms with E-state index >= 15 is 0 Å². The van der Waals surface area contributed by atoms with Crippen molar-refractivity contribution >= 4 is 11.6 Å². The maximum absolute atomic E-state index is 12.8. The van der Waals surface area contributed by atoms with Gasteiger partial charge in [-0.3, -0.25) is 4.79 Å². The maximum atomic E-state index is 12.8. The number of nitrogens with zero attached hydrogens (tertiary/aromatic N) is 1. The van der Waals surface area contributed by atoms with E-state index in [0.29, 0.717) is 30.2 Å². The number of amides is 1. The van der Waals surface area contributed by atoms with Crippen molar-refractivity contribution in [3.8, 4) is 17.2 Å².